The Morgan fingerprint density at radius 2 is 1.77 bits per heavy atom. The Morgan fingerprint density at radius 1 is 1.08 bits per heavy atom. The van der Waals surface area contributed by atoms with Gasteiger partial charge in [0.1, 0.15) is 10.8 Å². The first kappa shape index (κ1) is 18.2. The number of aryl methyl sites for hydroxylation is 2. The molecule has 2 aromatic heterocycles. The van der Waals surface area contributed by atoms with E-state index in [1.807, 2.05) is 57.2 Å². The molecule has 0 radical (unpaired) electrons. The fourth-order valence-electron chi connectivity index (χ4n) is 2.77. The molecule has 134 valence electrons. The summed E-state index contributed by atoms with van der Waals surface area (Å²) in [4.78, 5) is 26.7. The van der Waals surface area contributed by atoms with Crippen LogP contribution in [0.5, 0.6) is 0 Å². The molecule has 0 aliphatic carbocycles. The van der Waals surface area contributed by atoms with Crippen LogP contribution in [0.3, 0.4) is 0 Å². The first-order valence-electron chi connectivity index (χ1n) is 8.56. The quantitative estimate of drug-likeness (QED) is 0.618. The van der Waals surface area contributed by atoms with E-state index in [-0.39, 0.29) is 12.4 Å². The normalized spacial score (nSPS) is 10.7. The predicted molar refractivity (Wildman–Crippen MR) is 102 cm³/mol. The third-order valence-corrected chi connectivity index (χ3v) is 4.79. The van der Waals surface area contributed by atoms with Gasteiger partial charge in [0.15, 0.2) is 0 Å². The summed E-state index contributed by atoms with van der Waals surface area (Å²) >= 11 is 1.52. The molecular weight excluding hydrogens is 346 g/mol. The van der Waals surface area contributed by atoms with E-state index in [4.69, 9.17) is 9.72 Å². The van der Waals surface area contributed by atoms with Crippen LogP contribution in [-0.2, 0) is 22.4 Å². The summed E-state index contributed by atoms with van der Waals surface area (Å²) in [5.74, 6) is 0.515. The lowest BCUT2D eigenvalue weighted by atomic mass is 10.1. The molecule has 0 saturated carbocycles. The van der Waals surface area contributed by atoms with Crippen LogP contribution in [0.1, 0.15) is 34.0 Å². The molecule has 5 nitrogen and oxygen atoms in total. The van der Waals surface area contributed by atoms with Crippen molar-refractivity contribution in [1.29, 1.82) is 0 Å². The highest BCUT2D eigenvalue weighted by atomic mass is 32.1. The molecule has 0 saturated heterocycles. The third-order valence-electron chi connectivity index (χ3n) is 3.74. The van der Waals surface area contributed by atoms with Gasteiger partial charge in [-0.1, -0.05) is 30.3 Å². The number of carbonyl (C=O) groups excluding carboxylic acids is 1. The largest absolute Gasteiger partial charge is 0.466 e. The fraction of sp³-hybridized carbons (Fsp3) is 0.300. The van der Waals surface area contributed by atoms with Crippen molar-refractivity contribution < 1.29 is 9.53 Å². The number of carbonyl (C=O) groups is 1. The van der Waals surface area contributed by atoms with Crippen LogP contribution in [0.2, 0.25) is 0 Å². The van der Waals surface area contributed by atoms with Gasteiger partial charge in [-0.2, -0.15) is 0 Å². The highest BCUT2D eigenvalue weighted by Crippen LogP contribution is 2.30. The van der Waals surface area contributed by atoms with Gasteiger partial charge in [-0.15, -0.1) is 11.3 Å². The van der Waals surface area contributed by atoms with Gasteiger partial charge in [-0.25, -0.2) is 15.0 Å². The second-order valence-corrected chi connectivity index (χ2v) is 7.14. The zero-order valence-corrected chi connectivity index (χ0v) is 16.0. The van der Waals surface area contributed by atoms with Crippen LogP contribution in [0.4, 0.5) is 0 Å². The Morgan fingerprint density at radius 3 is 2.42 bits per heavy atom. The summed E-state index contributed by atoms with van der Waals surface area (Å²) in [7, 11) is 0. The minimum Gasteiger partial charge on any atom is -0.466 e. The first-order chi connectivity index (χ1) is 12.5. The van der Waals surface area contributed by atoms with E-state index in [1.165, 1.54) is 11.3 Å². The number of benzene rings is 1. The van der Waals surface area contributed by atoms with Crippen molar-refractivity contribution in [2.24, 2.45) is 0 Å². The van der Waals surface area contributed by atoms with Gasteiger partial charge in [0.2, 0.25) is 0 Å². The number of hydrogen-bond donors (Lipinski definition) is 0. The van der Waals surface area contributed by atoms with E-state index in [2.05, 4.69) is 9.97 Å². The third kappa shape index (κ3) is 4.52. The van der Waals surface area contributed by atoms with Gasteiger partial charge in [-0.05, 0) is 26.8 Å². The van der Waals surface area contributed by atoms with Crippen LogP contribution in [-0.4, -0.2) is 27.5 Å². The molecule has 0 amide bonds. The molecule has 0 aliphatic heterocycles. The zero-order chi connectivity index (χ0) is 18.5. The van der Waals surface area contributed by atoms with E-state index in [0.29, 0.717) is 13.0 Å². The predicted octanol–water partition coefficient (Wildman–Crippen LogP) is 3.91. The summed E-state index contributed by atoms with van der Waals surface area (Å²) in [6, 6.07) is 11.9. The van der Waals surface area contributed by atoms with Gasteiger partial charge in [0, 0.05) is 21.8 Å². The summed E-state index contributed by atoms with van der Waals surface area (Å²) in [5, 5.41) is 0.896. The highest BCUT2D eigenvalue weighted by molar-refractivity contribution is 7.12. The van der Waals surface area contributed by atoms with Crippen molar-refractivity contribution >= 4 is 17.3 Å². The van der Waals surface area contributed by atoms with Crippen LogP contribution >= 0.6 is 11.3 Å². The van der Waals surface area contributed by atoms with E-state index < -0.39 is 0 Å². The van der Waals surface area contributed by atoms with Crippen molar-refractivity contribution in [3.8, 4) is 11.3 Å². The van der Waals surface area contributed by atoms with Crippen molar-refractivity contribution in [3.05, 3.63) is 63.5 Å². The van der Waals surface area contributed by atoms with Gasteiger partial charge < -0.3 is 4.74 Å². The minimum atomic E-state index is -0.234. The SMILES string of the molecule is CCOC(=O)Cc1sc(Cc2nc(C)cc(C)n2)nc1-c1ccccc1. The first-order valence-corrected chi connectivity index (χ1v) is 9.37. The van der Waals surface area contributed by atoms with Crippen LogP contribution < -0.4 is 0 Å². The Balaban J connectivity index is 1.93. The highest BCUT2D eigenvalue weighted by Gasteiger charge is 2.17. The molecular formula is C20H21N3O2S. The topological polar surface area (TPSA) is 65.0 Å². The van der Waals surface area contributed by atoms with Crippen LogP contribution in [0.15, 0.2) is 36.4 Å². The second-order valence-electron chi connectivity index (χ2n) is 5.97. The molecule has 0 bridgehead atoms. The number of thiazole rings is 1. The van der Waals surface area contributed by atoms with E-state index in [0.717, 1.165) is 38.4 Å². The molecule has 2 heterocycles. The van der Waals surface area contributed by atoms with Crippen molar-refractivity contribution in [3.63, 3.8) is 0 Å². The second kappa shape index (κ2) is 8.19. The summed E-state index contributed by atoms with van der Waals surface area (Å²) in [6.07, 6.45) is 0.777. The Hall–Kier alpha value is -2.60. The maximum absolute atomic E-state index is 12.0. The maximum Gasteiger partial charge on any atom is 0.311 e. The van der Waals surface area contributed by atoms with Crippen molar-refractivity contribution in [2.75, 3.05) is 6.61 Å². The molecule has 0 spiro atoms. The number of hydrogen-bond acceptors (Lipinski definition) is 6. The molecule has 0 fully saturated rings. The van der Waals surface area contributed by atoms with Crippen LogP contribution in [0.25, 0.3) is 11.3 Å². The van der Waals surface area contributed by atoms with Gasteiger partial charge in [0.25, 0.3) is 0 Å². The summed E-state index contributed by atoms with van der Waals surface area (Å²) in [6.45, 7) is 6.11. The lowest BCUT2D eigenvalue weighted by molar-refractivity contribution is -0.142. The molecule has 0 aliphatic rings. The average Bonchev–Trinajstić information content (AvgIpc) is 2.97. The lowest BCUT2D eigenvalue weighted by Crippen LogP contribution is -2.07. The molecule has 0 N–H and O–H groups in total. The smallest absolute Gasteiger partial charge is 0.311 e. The lowest BCUT2D eigenvalue weighted by Gasteiger charge is -2.02. The number of ether oxygens (including phenoxy) is 1. The van der Waals surface area contributed by atoms with Gasteiger partial charge >= 0.3 is 5.97 Å². The minimum absolute atomic E-state index is 0.226. The maximum atomic E-state index is 12.0. The number of esters is 1. The molecule has 1 aromatic carbocycles. The van der Waals surface area contributed by atoms with Gasteiger partial charge in [0.05, 0.1) is 25.1 Å². The summed E-state index contributed by atoms with van der Waals surface area (Å²) in [5.41, 5.74) is 3.72. The van der Waals surface area contributed by atoms with Crippen LogP contribution in [0, 0.1) is 13.8 Å². The molecule has 3 rings (SSSR count). The van der Waals surface area contributed by atoms with E-state index in [1.54, 1.807) is 0 Å². The Labute approximate surface area is 157 Å². The monoisotopic (exact) mass is 367 g/mol. The van der Waals surface area contributed by atoms with E-state index >= 15 is 0 Å². The molecule has 0 atom stereocenters. The van der Waals surface area contributed by atoms with Crippen molar-refractivity contribution in [2.45, 2.75) is 33.6 Å². The molecule has 6 heteroatoms. The molecule has 3 aromatic rings. The Bertz CT molecular complexity index is 886. The average molecular weight is 367 g/mol. The molecule has 26 heavy (non-hydrogen) atoms. The van der Waals surface area contributed by atoms with E-state index in [9.17, 15) is 4.79 Å². The standard InChI is InChI=1S/C20H21N3O2S/c1-4-25-19(24)11-16-20(15-8-6-5-7-9-15)23-18(26-16)12-17-21-13(2)10-14(3)22-17/h5-10H,4,11-12H2,1-3H3. The van der Waals surface area contributed by atoms with Gasteiger partial charge in [-0.3, -0.25) is 4.79 Å². The number of rotatable bonds is 6. The summed E-state index contributed by atoms with van der Waals surface area (Å²) < 4.78 is 5.11. The number of aromatic nitrogens is 3. The molecule has 0 unspecified atom stereocenters. The van der Waals surface area contributed by atoms with Crippen molar-refractivity contribution in [1.82, 2.24) is 15.0 Å². The number of nitrogens with zero attached hydrogens (tertiary/aromatic N) is 3. The fourth-order valence-corrected chi connectivity index (χ4v) is 3.85. The Kier molecular flexibility index (Phi) is 5.73. The zero-order valence-electron chi connectivity index (χ0n) is 15.2.